The van der Waals surface area contributed by atoms with Crippen LogP contribution in [0, 0.1) is 5.82 Å². The number of carbonyl (C=O) groups is 1. The molecule has 1 aliphatic rings. The monoisotopic (exact) mass is 426 g/mol. The molecule has 1 aliphatic heterocycles. The second-order valence-electron chi connectivity index (χ2n) is 8.47. The third kappa shape index (κ3) is 7.06. The van der Waals surface area contributed by atoms with Crippen molar-refractivity contribution in [2.75, 3.05) is 13.1 Å². The molecular weight excluding hydrogens is 391 g/mol. The van der Waals surface area contributed by atoms with Gasteiger partial charge in [0.25, 0.3) is 5.91 Å². The first-order chi connectivity index (χ1) is 15.1. The molecule has 0 unspecified atom stereocenters. The van der Waals surface area contributed by atoms with Gasteiger partial charge in [-0.1, -0.05) is 57.0 Å². The number of hydrogen-bond acceptors (Lipinski definition) is 3. The van der Waals surface area contributed by atoms with E-state index in [1.54, 1.807) is 12.1 Å². The summed E-state index contributed by atoms with van der Waals surface area (Å²) < 4.78 is 20.4. The lowest BCUT2D eigenvalue weighted by molar-refractivity contribution is 0.0908. The van der Waals surface area contributed by atoms with E-state index < -0.39 is 5.82 Å². The topological polar surface area (TPSA) is 41.6 Å². The highest BCUT2D eigenvalue weighted by atomic mass is 19.1. The smallest absolute Gasteiger partial charge is 0.251 e. The van der Waals surface area contributed by atoms with E-state index in [4.69, 9.17) is 4.74 Å². The maximum absolute atomic E-state index is 14.6. The number of hydrogen-bond donors (Lipinski definition) is 1. The van der Waals surface area contributed by atoms with Crippen molar-refractivity contribution in [3.05, 3.63) is 65.5 Å². The van der Waals surface area contributed by atoms with E-state index in [1.807, 2.05) is 6.07 Å². The third-order valence-corrected chi connectivity index (χ3v) is 5.88. The zero-order valence-corrected chi connectivity index (χ0v) is 18.8. The number of nitrogens with zero attached hydrogens (tertiary/aromatic N) is 1. The van der Waals surface area contributed by atoms with Crippen molar-refractivity contribution in [2.24, 2.45) is 0 Å². The number of halogens is 1. The summed E-state index contributed by atoms with van der Waals surface area (Å²) in [7, 11) is 0. The maximum Gasteiger partial charge on any atom is 0.251 e. The van der Waals surface area contributed by atoms with Gasteiger partial charge >= 0.3 is 0 Å². The standard InChI is InChI=1S/C26H35FN2O2/c1-3-8-23(9-4-2)31-25-13-12-21(18-24(25)27)26(30)28-22-14-16-29(17-15-22)19-20-10-6-5-7-11-20/h5-7,10-13,18,22-23H,3-4,8-9,14-17,19H2,1-2H3,(H,28,30). The average molecular weight is 427 g/mol. The van der Waals surface area contributed by atoms with Gasteiger partial charge in [0.05, 0.1) is 6.10 Å². The molecular formula is C26H35FN2O2. The van der Waals surface area contributed by atoms with Crippen molar-refractivity contribution in [3.63, 3.8) is 0 Å². The van der Waals surface area contributed by atoms with Gasteiger partial charge in [-0.15, -0.1) is 0 Å². The largest absolute Gasteiger partial charge is 0.487 e. The number of ether oxygens (including phenoxy) is 1. The van der Waals surface area contributed by atoms with Gasteiger partial charge in [-0.2, -0.15) is 0 Å². The molecule has 0 aromatic heterocycles. The Balaban J connectivity index is 1.50. The molecule has 3 rings (SSSR count). The predicted molar refractivity (Wildman–Crippen MR) is 123 cm³/mol. The first-order valence-corrected chi connectivity index (χ1v) is 11.6. The van der Waals surface area contributed by atoms with Crippen LogP contribution in [0.1, 0.15) is 68.3 Å². The zero-order chi connectivity index (χ0) is 22.1. The van der Waals surface area contributed by atoms with Crippen LogP contribution >= 0.6 is 0 Å². The second kappa shape index (κ2) is 11.8. The Morgan fingerprint density at radius 1 is 1.10 bits per heavy atom. The maximum atomic E-state index is 14.6. The first-order valence-electron chi connectivity index (χ1n) is 11.6. The van der Waals surface area contributed by atoms with Crippen molar-refractivity contribution in [2.45, 2.75) is 71.1 Å². The van der Waals surface area contributed by atoms with Crippen LogP contribution in [0.3, 0.4) is 0 Å². The number of likely N-dealkylation sites (tertiary alicyclic amines) is 1. The molecule has 0 atom stereocenters. The molecule has 0 aliphatic carbocycles. The van der Waals surface area contributed by atoms with Crippen LogP contribution in [0.4, 0.5) is 4.39 Å². The molecule has 0 spiro atoms. The summed E-state index contributed by atoms with van der Waals surface area (Å²) in [5.74, 6) is -0.453. The fraction of sp³-hybridized carbons (Fsp3) is 0.500. The predicted octanol–water partition coefficient (Wildman–Crippen LogP) is 5.57. The zero-order valence-electron chi connectivity index (χ0n) is 18.8. The molecule has 1 heterocycles. The van der Waals surface area contributed by atoms with E-state index in [9.17, 15) is 9.18 Å². The first kappa shape index (κ1) is 23.3. The summed E-state index contributed by atoms with van der Waals surface area (Å²) >= 11 is 0. The minimum absolute atomic E-state index is 0.0187. The lowest BCUT2D eigenvalue weighted by Crippen LogP contribution is -2.44. The Morgan fingerprint density at radius 3 is 2.39 bits per heavy atom. The fourth-order valence-electron chi connectivity index (χ4n) is 4.17. The van der Waals surface area contributed by atoms with Crippen molar-refractivity contribution >= 4 is 5.91 Å². The summed E-state index contributed by atoms with van der Waals surface area (Å²) in [4.78, 5) is 15.1. The van der Waals surface area contributed by atoms with E-state index in [1.165, 1.54) is 11.6 Å². The van der Waals surface area contributed by atoms with Crippen LogP contribution in [-0.4, -0.2) is 36.0 Å². The van der Waals surface area contributed by atoms with Gasteiger partial charge in [-0.25, -0.2) is 4.39 Å². The van der Waals surface area contributed by atoms with Gasteiger partial charge in [0.15, 0.2) is 11.6 Å². The minimum atomic E-state index is -0.470. The highest BCUT2D eigenvalue weighted by molar-refractivity contribution is 5.94. The van der Waals surface area contributed by atoms with Gasteiger partial charge in [0, 0.05) is 31.2 Å². The van der Waals surface area contributed by atoms with Gasteiger partial charge in [0.1, 0.15) is 0 Å². The lowest BCUT2D eigenvalue weighted by atomic mass is 10.0. The van der Waals surface area contributed by atoms with Crippen molar-refractivity contribution in [3.8, 4) is 5.75 Å². The molecule has 1 N–H and O–H groups in total. The Morgan fingerprint density at radius 2 is 1.77 bits per heavy atom. The molecule has 0 radical (unpaired) electrons. The normalized spacial score (nSPS) is 15.2. The Hall–Kier alpha value is -2.40. The molecule has 0 saturated carbocycles. The molecule has 31 heavy (non-hydrogen) atoms. The fourth-order valence-corrected chi connectivity index (χ4v) is 4.17. The SMILES string of the molecule is CCCC(CCC)Oc1ccc(C(=O)NC2CCN(Cc3ccccc3)CC2)cc1F. The summed E-state index contributed by atoms with van der Waals surface area (Å²) in [5, 5.41) is 3.07. The number of benzene rings is 2. The molecule has 168 valence electrons. The molecule has 2 aromatic rings. The third-order valence-electron chi connectivity index (χ3n) is 5.88. The molecule has 5 heteroatoms. The van der Waals surface area contributed by atoms with Gasteiger partial charge < -0.3 is 10.1 Å². The van der Waals surface area contributed by atoms with Crippen LogP contribution in [0.15, 0.2) is 48.5 Å². The van der Waals surface area contributed by atoms with Crippen LogP contribution in [-0.2, 0) is 6.54 Å². The van der Waals surface area contributed by atoms with Gasteiger partial charge in [0.2, 0.25) is 0 Å². The highest BCUT2D eigenvalue weighted by Gasteiger charge is 2.22. The van der Waals surface area contributed by atoms with Crippen LogP contribution in [0.2, 0.25) is 0 Å². The van der Waals surface area contributed by atoms with Crippen LogP contribution < -0.4 is 10.1 Å². The van der Waals surface area contributed by atoms with E-state index in [0.717, 1.165) is 58.2 Å². The minimum Gasteiger partial charge on any atom is -0.487 e. The Bertz CT molecular complexity index is 813. The highest BCUT2D eigenvalue weighted by Crippen LogP contribution is 2.23. The van der Waals surface area contributed by atoms with E-state index >= 15 is 0 Å². The lowest BCUT2D eigenvalue weighted by Gasteiger charge is -2.32. The summed E-state index contributed by atoms with van der Waals surface area (Å²) in [6.07, 6.45) is 5.62. The summed E-state index contributed by atoms with van der Waals surface area (Å²) in [6.45, 7) is 7.02. The second-order valence-corrected chi connectivity index (χ2v) is 8.47. The van der Waals surface area contributed by atoms with Gasteiger partial charge in [-0.05, 0) is 49.4 Å². The molecule has 1 amide bonds. The molecule has 0 bridgehead atoms. The van der Waals surface area contributed by atoms with Crippen molar-refractivity contribution in [1.82, 2.24) is 10.2 Å². The summed E-state index contributed by atoms with van der Waals surface area (Å²) in [6, 6.07) is 15.1. The quantitative estimate of drug-likeness (QED) is 0.540. The summed E-state index contributed by atoms with van der Waals surface area (Å²) in [5.41, 5.74) is 1.65. The Labute approximate surface area is 185 Å². The van der Waals surface area contributed by atoms with Crippen LogP contribution in [0.5, 0.6) is 5.75 Å². The average Bonchev–Trinajstić information content (AvgIpc) is 2.77. The molecule has 2 aromatic carbocycles. The number of carbonyl (C=O) groups excluding carboxylic acids is 1. The molecule has 1 fully saturated rings. The number of piperidine rings is 1. The van der Waals surface area contributed by atoms with Crippen LogP contribution in [0.25, 0.3) is 0 Å². The van der Waals surface area contributed by atoms with E-state index in [2.05, 4.69) is 48.3 Å². The number of nitrogens with one attached hydrogen (secondary N) is 1. The number of rotatable bonds is 10. The van der Waals surface area contributed by atoms with Gasteiger partial charge in [-0.3, -0.25) is 9.69 Å². The van der Waals surface area contributed by atoms with Crippen molar-refractivity contribution in [1.29, 1.82) is 0 Å². The van der Waals surface area contributed by atoms with Crippen molar-refractivity contribution < 1.29 is 13.9 Å². The molecule has 1 saturated heterocycles. The molecule has 4 nitrogen and oxygen atoms in total. The van der Waals surface area contributed by atoms with E-state index in [-0.39, 0.29) is 23.8 Å². The number of amides is 1. The Kier molecular flexibility index (Phi) is 8.89. The van der Waals surface area contributed by atoms with E-state index in [0.29, 0.717) is 5.56 Å².